The molecule has 0 unspecified atom stereocenters. The molecule has 4 aromatic rings. The van der Waals surface area contributed by atoms with Crippen molar-refractivity contribution in [2.24, 2.45) is 0 Å². The number of carbonyl (C=O) groups excluding carboxylic acids is 1. The van der Waals surface area contributed by atoms with E-state index in [9.17, 15) is 14.9 Å². The summed E-state index contributed by atoms with van der Waals surface area (Å²) < 4.78 is 5.03. The Balaban J connectivity index is 1.70. The molecule has 0 fully saturated rings. The van der Waals surface area contributed by atoms with Gasteiger partial charge >= 0.3 is 11.7 Å². The first-order chi connectivity index (χ1) is 17.1. The van der Waals surface area contributed by atoms with Crippen molar-refractivity contribution >= 4 is 40.4 Å². The zero-order valence-corrected chi connectivity index (χ0v) is 18.8. The topological polar surface area (TPSA) is 123 Å². The third-order valence-electron chi connectivity index (χ3n) is 4.89. The van der Waals surface area contributed by atoms with Crippen LogP contribution in [0.15, 0.2) is 91.3 Å². The van der Waals surface area contributed by atoms with Gasteiger partial charge in [0.15, 0.2) is 0 Å². The summed E-state index contributed by atoms with van der Waals surface area (Å²) in [6.45, 7) is 1.95. The first kappa shape index (κ1) is 23.2. The second-order valence-electron chi connectivity index (χ2n) is 7.22. The summed E-state index contributed by atoms with van der Waals surface area (Å²) in [5.74, 6) is -0.534. The molecule has 4 rings (SSSR count). The molecule has 10 nitrogen and oxygen atoms in total. The van der Waals surface area contributed by atoms with Gasteiger partial charge in [0, 0.05) is 5.69 Å². The summed E-state index contributed by atoms with van der Waals surface area (Å²) in [5.41, 5.74) is 4.96. The normalized spacial score (nSPS) is 10.3. The van der Waals surface area contributed by atoms with E-state index >= 15 is 0 Å². The highest BCUT2D eigenvalue weighted by Gasteiger charge is 2.25. The van der Waals surface area contributed by atoms with Gasteiger partial charge in [-0.25, -0.2) is 14.8 Å². The number of hydrazine groups is 1. The number of para-hydroxylation sites is 2. The van der Waals surface area contributed by atoms with Crippen molar-refractivity contribution in [2.45, 2.75) is 6.92 Å². The molecule has 10 heteroatoms. The molecule has 1 aromatic heterocycles. The maximum absolute atomic E-state index is 12.1. The van der Waals surface area contributed by atoms with E-state index < -0.39 is 10.9 Å². The lowest BCUT2D eigenvalue weighted by Crippen LogP contribution is -2.26. The molecule has 0 atom stereocenters. The standard InChI is InChI=1S/C25H22N6O4/c1-2-35-25(32)18-10-9-11-19(16-18)28-23-22(31(33)34)24(27-17-26-23)29-30(20-12-5-3-6-13-20)21-14-7-4-8-15-21/h3-17H,2H2,1H3,(H2,26,27,28,29). The first-order valence-corrected chi connectivity index (χ1v) is 10.8. The molecule has 0 aliphatic heterocycles. The van der Waals surface area contributed by atoms with Crippen LogP contribution in [0.2, 0.25) is 0 Å². The summed E-state index contributed by atoms with van der Waals surface area (Å²) >= 11 is 0. The number of esters is 1. The van der Waals surface area contributed by atoms with E-state index in [0.717, 1.165) is 11.4 Å². The van der Waals surface area contributed by atoms with E-state index in [1.165, 1.54) is 12.4 Å². The highest BCUT2D eigenvalue weighted by molar-refractivity contribution is 5.91. The van der Waals surface area contributed by atoms with Crippen molar-refractivity contribution in [1.29, 1.82) is 0 Å². The van der Waals surface area contributed by atoms with Crippen LogP contribution in [0.25, 0.3) is 0 Å². The number of nitro groups is 1. The third kappa shape index (κ3) is 5.50. The predicted molar refractivity (Wildman–Crippen MR) is 133 cm³/mol. The van der Waals surface area contributed by atoms with Gasteiger partial charge < -0.3 is 10.1 Å². The summed E-state index contributed by atoms with van der Waals surface area (Å²) in [7, 11) is 0. The maximum atomic E-state index is 12.1. The van der Waals surface area contributed by atoms with Crippen molar-refractivity contribution in [3.05, 3.63) is 107 Å². The fourth-order valence-electron chi connectivity index (χ4n) is 3.34. The highest BCUT2D eigenvalue weighted by atomic mass is 16.6. The van der Waals surface area contributed by atoms with Gasteiger partial charge in [-0.2, -0.15) is 0 Å². The van der Waals surface area contributed by atoms with E-state index in [0.29, 0.717) is 11.3 Å². The molecule has 0 amide bonds. The van der Waals surface area contributed by atoms with E-state index in [1.807, 2.05) is 60.7 Å². The first-order valence-electron chi connectivity index (χ1n) is 10.8. The van der Waals surface area contributed by atoms with Crippen LogP contribution in [0.4, 0.5) is 34.4 Å². The molecule has 35 heavy (non-hydrogen) atoms. The van der Waals surface area contributed by atoms with Crippen LogP contribution < -0.4 is 15.8 Å². The van der Waals surface area contributed by atoms with Gasteiger partial charge in [-0.3, -0.25) is 20.5 Å². The fraction of sp³-hybridized carbons (Fsp3) is 0.0800. The zero-order chi connectivity index (χ0) is 24.6. The summed E-state index contributed by atoms with van der Waals surface area (Å²) in [5, 5.41) is 16.7. The zero-order valence-electron chi connectivity index (χ0n) is 18.8. The number of hydrogen-bond donors (Lipinski definition) is 2. The Labute approximate surface area is 201 Å². The molecule has 0 saturated carbocycles. The second-order valence-corrected chi connectivity index (χ2v) is 7.22. The molecule has 1 heterocycles. The number of rotatable bonds is 9. The predicted octanol–water partition coefficient (Wildman–Crippen LogP) is 5.47. The fourth-order valence-corrected chi connectivity index (χ4v) is 3.34. The molecular formula is C25H22N6O4. The van der Waals surface area contributed by atoms with Crippen LogP contribution >= 0.6 is 0 Å². The maximum Gasteiger partial charge on any atom is 0.355 e. The molecular weight excluding hydrogens is 448 g/mol. The molecule has 0 saturated heterocycles. The number of carbonyl (C=O) groups is 1. The molecule has 0 aliphatic rings. The summed E-state index contributed by atoms with van der Waals surface area (Å²) in [6.07, 6.45) is 1.22. The second kappa shape index (κ2) is 10.8. The van der Waals surface area contributed by atoms with Crippen LogP contribution in [-0.4, -0.2) is 27.5 Å². The molecule has 0 radical (unpaired) electrons. The molecule has 176 valence electrons. The van der Waals surface area contributed by atoms with Crippen LogP contribution in [0.3, 0.4) is 0 Å². The summed E-state index contributed by atoms with van der Waals surface area (Å²) in [4.78, 5) is 31.8. The molecule has 0 bridgehead atoms. The number of benzene rings is 3. The van der Waals surface area contributed by atoms with E-state index in [1.54, 1.807) is 30.1 Å². The molecule has 0 spiro atoms. The highest BCUT2D eigenvalue weighted by Crippen LogP contribution is 2.34. The third-order valence-corrected chi connectivity index (χ3v) is 4.89. The smallest absolute Gasteiger partial charge is 0.355 e. The van der Waals surface area contributed by atoms with Crippen molar-refractivity contribution in [3.8, 4) is 0 Å². The van der Waals surface area contributed by atoms with Gasteiger partial charge in [0.05, 0.1) is 28.5 Å². The number of ether oxygens (including phenoxy) is 1. The summed E-state index contributed by atoms with van der Waals surface area (Å²) in [6, 6.07) is 25.2. The van der Waals surface area contributed by atoms with Gasteiger partial charge in [-0.15, -0.1) is 0 Å². The van der Waals surface area contributed by atoms with E-state index in [-0.39, 0.29) is 23.9 Å². The molecule has 2 N–H and O–H groups in total. The van der Waals surface area contributed by atoms with Gasteiger partial charge in [-0.1, -0.05) is 42.5 Å². The number of hydrogen-bond acceptors (Lipinski definition) is 9. The van der Waals surface area contributed by atoms with E-state index in [2.05, 4.69) is 20.7 Å². The van der Waals surface area contributed by atoms with Crippen LogP contribution in [-0.2, 0) is 4.74 Å². The lowest BCUT2D eigenvalue weighted by molar-refractivity contribution is -0.383. The van der Waals surface area contributed by atoms with Crippen molar-refractivity contribution in [3.63, 3.8) is 0 Å². The Morgan fingerprint density at radius 3 is 2.17 bits per heavy atom. The number of anilines is 5. The lowest BCUT2D eigenvalue weighted by Gasteiger charge is -2.26. The van der Waals surface area contributed by atoms with Crippen molar-refractivity contribution in [1.82, 2.24) is 9.97 Å². The minimum absolute atomic E-state index is 0.0123. The quantitative estimate of drug-likeness (QED) is 0.186. The van der Waals surface area contributed by atoms with Crippen LogP contribution in [0, 0.1) is 10.1 Å². The van der Waals surface area contributed by atoms with Gasteiger partial charge in [0.25, 0.3) is 0 Å². The molecule has 3 aromatic carbocycles. The van der Waals surface area contributed by atoms with Gasteiger partial charge in [-0.05, 0) is 49.4 Å². The van der Waals surface area contributed by atoms with Gasteiger partial charge in [0.1, 0.15) is 6.33 Å². The Kier molecular flexibility index (Phi) is 7.12. The molecule has 0 aliphatic carbocycles. The average molecular weight is 470 g/mol. The Bertz CT molecular complexity index is 1280. The minimum atomic E-state index is -0.561. The van der Waals surface area contributed by atoms with Crippen LogP contribution in [0.1, 0.15) is 17.3 Å². The average Bonchev–Trinajstić information content (AvgIpc) is 2.88. The largest absolute Gasteiger partial charge is 0.462 e. The monoisotopic (exact) mass is 470 g/mol. The van der Waals surface area contributed by atoms with Gasteiger partial charge in [0.2, 0.25) is 11.6 Å². The Morgan fingerprint density at radius 1 is 0.943 bits per heavy atom. The SMILES string of the molecule is CCOC(=O)c1cccc(Nc2ncnc(NN(c3ccccc3)c3ccccc3)c2[N+](=O)[O-])c1. The Hall–Kier alpha value is -4.99. The van der Waals surface area contributed by atoms with Crippen molar-refractivity contribution in [2.75, 3.05) is 22.4 Å². The lowest BCUT2D eigenvalue weighted by atomic mass is 10.2. The number of nitrogens with zero attached hydrogens (tertiary/aromatic N) is 4. The minimum Gasteiger partial charge on any atom is -0.462 e. The van der Waals surface area contributed by atoms with E-state index in [4.69, 9.17) is 4.74 Å². The number of aromatic nitrogens is 2. The number of nitrogens with one attached hydrogen (secondary N) is 2. The van der Waals surface area contributed by atoms with Crippen molar-refractivity contribution < 1.29 is 14.5 Å². The Morgan fingerprint density at radius 2 is 1.57 bits per heavy atom. The van der Waals surface area contributed by atoms with Crippen LogP contribution in [0.5, 0.6) is 0 Å².